The smallest absolute Gasteiger partial charge is 0.147 e. The van der Waals surface area contributed by atoms with Crippen LogP contribution in [0.15, 0.2) is 12.4 Å². The van der Waals surface area contributed by atoms with Gasteiger partial charge in [-0.25, -0.2) is 4.98 Å². The van der Waals surface area contributed by atoms with Crippen LogP contribution in [0.1, 0.15) is 32.4 Å². The summed E-state index contributed by atoms with van der Waals surface area (Å²) in [5, 5.41) is 9.06. The Bertz CT molecular complexity index is 356. The number of nitrogens with zero attached hydrogens (tertiary/aromatic N) is 3. The number of aliphatic hydroxyl groups excluding tert-OH is 1. The number of aliphatic hydroxyl groups is 1. The van der Waals surface area contributed by atoms with Crippen molar-refractivity contribution >= 4 is 5.82 Å². The molecule has 1 aliphatic heterocycles. The van der Waals surface area contributed by atoms with Gasteiger partial charge in [0.05, 0.1) is 24.7 Å². The van der Waals surface area contributed by atoms with Crippen molar-refractivity contribution in [2.75, 3.05) is 11.4 Å². The first-order valence-electron chi connectivity index (χ1n) is 5.91. The number of piperidine rings is 1. The Kier molecular flexibility index (Phi) is 3.39. The normalized spacial score (nSPS) is 25.8. The Hall–Kier alpha value is -1.16. The fraction of sp³-hybridized carbons (Fsp3) is 0.667. The van der Waals surface area contributed by atoms with Gasteiger partial charge in [0.15, 0.2) is 0 Å². The second-order valence-electron chi connectivity index (χ2n) is 4.58. The molecule has 2 unspecified atom stereocenters. The Balaban J connectivity index is 2.21. The molecule has 1 N–H and O–H groups in total. The Morgan fingerprint density at radius 2 is 2.25 bits per heavy atom. The van der Waals surface area contributed by atoms with Gasteiger partial charge in [-0.2, -0.15) is 0 Å². The van der Waals surface area contributed by atoms with Crippen LogP contribution in [0.2, 0.25) is 0 Å². The zero-order valence-electron chi connectivity index (χ0n) is 9.93. The number of hydrogen-bond donors (Lipinski definition) is 1. The minimum Gasteiger partial charge on any atom is -0.390 e. The van der Waals surface area contributed by atoms with Crippen LogP contribution in [-0.4, -0.2) is 27.7 Å². The zero-order chi connectivity index (χ0) is 11.5. The lowest BCUT2D eigenvalue weighted by Crippen LogP contribution is -2.43. The van der Waals surface area contributed by atoms with Crippen LogP contribution in [0, 0.1) is 5.92 Å². The molecule has 0 aliphatic carbocycles. The van der Waals surface area contributed by atoms with Gasteiger partial charge < -0.3 is 10.0 Å². The van der Waals surface area contributed by atoms with Crippen LogP contribution in [0.5, 0.6) is 0 Å². The number of rotatable bonds is 2. The Morgan fingerprint density at radius 1 is 1.44 bits per heavy atom. The summed E-state index contributed by atoms with van der Waals surface area (Å²) >= 11 is 0. The van der Waals surface area contributed by atoms with Crippen LogP contribution < -0.4 is 4.90 Å². The molecule has 1 aromatic heterocycles. The van der Waals surface area contributed by atoms with E-state index in [2.05, 4.69) is 28.7 Å². The van der Waals surface area contributed by atoms with E-state index in [1.165, 1.54) is 12.8 Å². The van der Waals surface area contributed by atoms with E-state index in [0.29, 0.717) is 17.7 Å². The number of aromatic nitrogens is 2. The molecule has 0 aromatic carbocycles. The third kappa shape index (κ3) is 2.16. The molecule has 0 amide bonds. The maximum atomic E-state index is 9.06. The van der Waals surface area contributed by atoms with Crippen molar-refractivity contribution in [2.24, 2.45) is 5.92 Å². The predicted octanol–water partition coefficient (Wildman–Crippen LogP) is 1.59. The van der Waals surface area contributed by atoms with Gasteiger partial charge in [-0.1, -0.05) is 6.92 Å². The van der Waals surface area contributed by atoms with Crippen molar-refractivity contribution in [3.05, 3.63) is 18.1 Å². The summed E-state index contributed by atoms with van der Waals surface area (Å²) in [4.78, 5) is 10.8. The average Bonchev–Trinajstić information content (AvgIpc) is 2.33. The SMILES string of the molecule is CC1CCCN(c2cncc(CO)n2)C1C. The maximum absolute atomic E-state index is 9.06. The lowest BCUT2D eigenvalue weighted by Gasteiger charge is -2.38. The first-order chi connectivity index (χ1) is 7.72. The minimum absolute atomic E-state index is 0.0430. The molecule has 88 valence electrons. The van der Waals surface area contributed by atoms with E-state index < -0.39 is 0 Å². The third-order valence-electron chi connectivity index (χ3n) is 3.50. The van der Waals surface area contributed by atoms with E-state index >= 15 is 0 Å². The average molecular weight is 221 g/mol. The van der Waals surface area contributed by atoms with Gasteiger partial charge in [0, 0.05) is 12.6 Å². The second kappa shape index (κ2) is 4.78. The van der Waals surface area contributed by atoms with Crippen molar-refractivity contribution in [3.63, 3.8) is 0 Å². The topological polar surface area (TPSA) is 49.2 Å². The van der Waals surface area contributed by atoms with Crippen LogP contribution in [0.25, 0.3) is 0 Å². The van der Waals surface area contributed by atoms with Crippen molar-refractivity contribution in [1.82, 2.24) is 9.97 Å². The molecule has 1 aromatic rings. The zero-order valence-corrected chi connectivity index (χ0v) is 9.93. The lowest BCUT2D eigenvalue weighted by atomic mass is 9.92. The Labute approximate surface area is 96.3 Å². The van der Waals surface area contributed by atoms with Gasteiger partial charge in [0.25, 0.3) is 0 Å². The van der Waals surface area contributed by atoms with E-state index in [0.717, 1.165) is 12.4 Å². The molecule has 0 bridgehead atoms. The molecule has 2 atom stereocenters. The highest BCUT2D eigenvalue weighted by molar-refractivity contribution is 5.38. The van der Waals surface area contributed by atoms with Gasteiger partial charge in [-0.3, -0.25) is 4.98 Å². The maximum Gasteiger partial charge on any atom is 0.147 e. The third-order valence-corrected chi connectivity index (χ3v) is 3.50. The molecule has 1 fully saturated rings. The van der Waals surface area contributed by atoms with E-state index in [-0.39, 0.29) is 6.61 Å². The lowest BCUT2D eigenvalue weighted by molar-refractivity contribution is 0.276. The molecule has 4 nitrogen and oxygen atoms in total. The highest BCUT2D eigenvalue weighted by Gasteiger charge is 2.25. The minimum atomic E-state index is -0.0430. The van der Waals surface area contributed by atoms with Gasteiger partial charge in [0.1, 0.15) is 5.82 Å². The molecular weight excluding hydrogens is 202 g/mol. The van der Waals surface area contributed by atoms with Crippen molar-refractivity contribution in [2.45, 2.75) is 39.3 Å². The van der Waals surface area contributed by atoms with E-state index in [1.807, 2.05) is 0 Å². The fourth-order valence-electron chi connectivity index (χ4n) is 2.27. The summed E-state index contributed by atoms with van der Waals surface area (Å²) in [6, 6.07) is 0.497. The van der Waals surface area contributed by atoms with E-state index in [4.69, 9.17) is 5.11 Å². The molecule has 0 saturated carbocycles. The summed E-state index contributed by atoms with van der Waals surface area (Å²) in [6.07, 6.45) is 5.89. The molecule has 4 heteroatoms. The predicted molar refractivity (Wildman–Crippen MR) is 63.2 cm³/mol. The first kappa shape index (κ1) is 11.3. The summed E-state index contributed by atoms with van der Waals surface area (Å²) in [5.74, 6) is 1.58. The second-order valence-corrected chi connectivity index (χ2v) is 4.58. The summed E-state index contributed by atoms with van der Waals surface area (Å²) in [6.45, 7) is 5.50. The fourth-order valence-corrected chi connectivity index (χ4v) is 2.27. The number of anilines is 1. The summed E-state index contributed by atoms with van der Waals surface area (Å²) < 4.78 is 0. The van der Waals surface area contributed by atoms with Crippen LogP contribution in [0.3, 0.4) is 0 Å². The highest BCUT2D eigenvalue weighted by Crippen LogP contribution is 2.26. The van der Waals surface area contributed by atoms with Crippen LogP contribution in [-0.2, 0) is 6.61 Å². The molecule has 16 heavy (non-hydrogen) atoms. The molecule has 1 aliphatic rings. The molecule has 0 radical (unpaired) electrons. The Morgan fingerprint density at radius 3 is 3.00 bits per heavy atom. The van der Waals surface area contributed by atoms with E-state index in [1.54, 1.807) is 12.4 Å². The monoisotopic (exact) mass is 221 g/mol. The highest BCUT2D eigenvalue weighted by atomic mass is 16.3. The number of hydrogen-bond acceptors (Lipinski definition) is 4. The van der Waals surface area contributed by atoms with Gasteiger partial charge in [-0.05, 0) is 25.7 Å². The van der Waals surface area contributed by atoms with Crippen molar-refractivity contribution < 1.29 is 5.11 Å². The van der Waals surface area contributed by atoms with Crippen LogP contribution in [0.4, 0.5) is 5.82 Å². The van der Waals surface area contributed by atoms with Gasteiger partial charge >= 0.3 is 0 Å². The molecule has 1 saturated heterocycles. The quantitative estimate of drug-likeness (QED) is 0.824. The molecule has 2 rings (SSSR count). The van der Waals surface area contributed by atoms with Gasteiger partial charge in [-0.15, -0.1) is 0 Å². The summed E-state index contributed by atoms with van der Waals surface area (Å²) in [5.41, 5.74) is 0.642. The molecule has 2 heterocycles. The standard InChI is InChI=1S/C12H19N3O/c1-9-4-3-5-15(10(9)2)12-7-13-6-11(8-16)14-12/h6-7,9-10,16H,3-5,8H2,1-2H3. The molecular formula is C12H19N3O. The van der Waals surface area contributed by atoms with E-state index in [9.17, 15) is 0 Å². The van der Waals surface area contributed by atoms with Crippen molar-refractivity contribution in [3.8, 4) is 0 Å². The van der Waals surface area contributed by atoms with Crippen LogP contribution >= 0.6 is 0 Å². The first-order valence-corrected chi connectivity index (χ1v) is 5.91. The summed E-state index contributed by atoms with van der Waals surface area (Å²) in [7, 11) is 0. The van der Waals surface area contributed by atoms with Gasteiger partial charge in [0.2, 0.25) is 0 Å². The van der Waals surface area contributed by atoms with Crippen molar-refractivity contribution in [1.29, 1.82) is 0 Å². The molecule has 0 spiro atoms. The largest absolute Gasteiger partial charge is 0.390 e.